The van der Waals surface area contributed by atoms with Gasteiger partial charge in [0.2, 0.25) is 18.3 Å². The molecule has 3 heterocycles. The van der Waals surface area contributed by atoms with E-state index in [-0.39, 0.29) is 99.9 Å². The van der Waals surface area contributed by atoms with E-state index in [0.717, 1.165) is 11.1 Å². The van der Waals surface area contributed by atoms with Crippen molar-refractivity contribution in [2.45, 2.75) is 149 Å². The number of aliphatic hydroxyl groups is 1. The maximum Gasteiger partial charge on any atom is 0.395 e. The number of cyclic esters (lactones) is 3. The highest BCUT2D eigenvalue weighted by Gasteiger charge is 2.51. The molecule has 0 fully saturated rings. The Morgan fingerprint density at radius 3 is 0.907 bits per heavy atom. The maximum atomic E-state index is 13.5. The monoisotopic (exact) mass is 1570 g/mol. The van der Waals surface area contributed by atoms with E-state index in [0.29, 0.717) is 0 Å². The van der Waals surface area contributed by atoms with Crippen molar-refractivity contribution in [2.75, 3.05) is 104 Å². The number of aliphatic hydroxyl groups excluding tert-OH is 1. The van der Waals surface area contributed by atoms with Gasteiger partial charge < -0.3 is 85.2 Å². The Labute approximate surface area is 621 Å². The molecular formula is C68H99N6O30P3. The van der Waals surface area contributed by atoms with E-state index < -0.39 is 156 Å². The lowest BCUT2D eigenvalue weighted by atomic mass is 10.1. The van der Waals surface area contributed by atoms with E-state index in [1.165, 1.54) is 133 Å². The van der Waals surface area contributed by atoms with Gasteiger partial charge >= 0.3 is 76.7 Å². The van der Waals surface area contributed by atoms with Gasteiger partial charge in [0.05, 0.1) is 19.3 Å². The topological polar surface area (TPSA) is 425 Å². The van der Waals surface area contributed by atoms with Crippen molar-refractivity contribution in [3.8, 4) is 0 Å². The number of carbonyl (C=O) groups is 12. The average Bonchev–Trinajstić information content (AvgIpc) is 1.72. The van der Waals surface area contributed by atoms with E-state index in [4.69, 9.17) is 65.7 Å². The molecule has 5 rings (SSSR count). The number of benzene rings is 2. The Bertz CT molecular complexity index is 3500. The molecule has 596 valence electrons. The normalized spacial score (nSPS) is 16.7. The number of carbonyl (C=O) groups excluding carboxylic acids is 12. The molecule has 0 saturated carbocycles. The van der Waals surface area contributed by atoms with Gasteiger partial charge in [-0.15, -0.1) is 0 Å². The Hall–Kier alpha value is -8.85. The minimum Gasteiger partial charge on any atom is -0.505 e. The van der Waals surface area contributed by atoms with Crippen molar-refractivity contribution in [3.05, 3.63) is 106 Å². The van der Waals surface area contributed by atoms with Crippen molar-refractivity contribution in [3.63, 3.8) is 0 Å². The van der Waals surface area contributed by atoms with Gasteiger partial charge in [-0.3, -0.25) is 28.8 Å². The van der Waals surface area contributed by atoms with Crippen molar-refractivity contribution in [1.29, 1.82) is 0 Å². The van der Waals surface area contributed by atoms with Crippen LogP contribution in [0.3, 0.4) is 0 Å². The van der Waals surface area contributed by atoms with Crippen LogP contribution in [0.5, 0.6) is 0 Å². The lowest BCUT2D eigenvalue weighted by molar-refractivity contribution is -0.171. The van der Waals surface area contributed by atoms with Gasteiger partial charge in [0, 0.05) is 38.5 Å². The van der Waals surface area contributed by atoms with Crippen LogP contribution in [0.25, 0.3) is 0 Å². The molecule has 36 nitrogen and oxygen atoms in total. The third-order valence-electron chi connectivity index (χ3n) is 14.9. The van der Waals surface area contributed by atoms with E-state index >= 15 is 0 Å². The second kappa shape index (κ2) is 43.8. The molecule has 3 aliphatic rings. The Morgan fingerprint density at radius 2 is 0.645 bits per heavy atom. The highest BCUT2D eigenvalue weighted by atomic mass is 31.2. The minimum absolute atomic E-state index is 0.0237. The smallest absolute Gasteiger partial charge is 0.395 e. The third-order valence-corrected chi connectivity index (χ3v) is 22.2. The van der Waals surface area contributed by atoms with Crippen molar-refractivity contribution < 1.29 is 142 Å². The molecule has 0 aliphatic carbocycles. The zero-order valence-corrected chi connectivity index (χ0v) is 66.1. The van der Waals surface area contributed by atoms with Crippen LogP contribution in [-0.4, -0.2) is 245 Å². The molecule has 3 aliphatic heterocycles. The first kappa shape index (κ1) is 92.4. The number of ketones is 3. The van der Waals surface area contributed by atoms with Crippen LogP contribution in [0.4, 0.5) is 0 Å². The molecular weight excluding hydrogens is 1470 g/mol. The van der Waals surface area contributed by atoms with Crippen LogP contribution < -0.4 is 0 Å². The zero-order chi connectivity index (χ0) is 80.8. The molecule has 6 atom stereocenters. The van der Waals surface area contributed by atoms with Gasteiger partial charge in [-0.05, 0) is 116 Å². The van der Waals surface area contributed by atoms with E-state index in [1.54, 1.807) is 69.3 Å². The second-order valence-electron chi connectivity index (χ2n) is 24.8. The molecule has 6 unspecified atom stereocenters. The first-order chi connectivity index (χ1) is 50.1. The summed E-state index contributed by atoms with van der Waals surface area (Å²) >= 11 is 0. The van der Waals surface area contributed by atoms with Crippen LogP contribution >= 0.6 is 23.0 Å². The molecule has 2 aromatic rings. The molecule has 0 amide bonds. The number of hydrogen-bond donors (Lipinski definition) is 1. The van der Waals surface area contributed by atoms with Gasteiger partial charge in [-0.25, -0.2) is 56.1 Å². The van der Waals surface area contributed by atoms with Gasteiger partial charge in [-0.1, -0.05) is 81.4 Å². The third kappa shape index (κ3) is 28.3. The van der Waals surface area contributed by atoms with Gasteiger partial charge in [0.15, 0.2) is 35.6 Å². The summed E-state index contributed by atoms with van der Waals surface area (Å²) in [5, 5.41) is 10.5. The van der Waals surface area contributed by atoms with Crippen LogP contribution in [0.2, 0.25) is 0 Å². The highest BCUT2D eigenvalue weighted by molar-refractivity contribution is 7.54. The number of rotatable bonds is 42. The number of esters is 9. The Morgan fingerprint density at radius 1 is 0.393 bits per heavy atom. The van der Waals surface area contributed by atoms with E-state index in [9.17, 15) is 76.3 Å². The highest BCUT2D eigenvalue weighted by Crippen LogP contribution is 2.56. The fourth-order valence-electron chi connectivity index (χ4n) is 8.94. The predicted molar refractivity (Wildman–Crippen MR) is 377 cm³/mol. The standard InChI is InChI=1S/2C25H35N2O10P.C18H29N2O10P/c2*1-7-20(29)33-16-19(35-21(30)14-13-17(2)28)22-23(34-15-18-11-9-8-10-12-18)24(25(31)36-22)37-38(32,26(3)4)27(5)6;1-7-13(22)27-10-12(28-14(23)9-8-11(2)21)16-15(24)17(18(25)29-16)30-31(26,19(3)4)20(5)6/h2*8-12,19,22H,7,13-16H2,1-6H3;12,16,24H,7-10H2,1-6H3. The maximum absolute atomic E-state index is 13.5. The largest absolute Gasteiger partial charge is 0.505 e. The number of nitrogens with zero attached hydrogens (tertiary/aromatic N) is 6. The SMILES string of the molecule is CCC(=O)OCC(OC(=O)CCC(C)=O)C1OC(=O)C(OP(=O)(N(C)C)N(C)C)=C1O.CCC(=O)OCC(OC(=O)CCC(C)=O)C1OC(=O)C(OP(=O)(N(C)C)N(C)C)=C1OCc1ccccc1.CCC(=O)OCC(OC(=O)CCC(C)=O)C1OC(=O)C(OP(=O)(N(C)C)N(C)C)=C1OCc1ccccc1. The summed E-state index contributed by atoms with van der Waals surface area (Å²) in [4.78, 5) is 144. The summed E-state index contributed by atoms with van der Waals surface area (Å²) < 4.78 is 124. The van der Waals surface area contributed by atoms with Crippen LogP contribution in [0.1, 0.15) is 110 Å². The van der Waals surface area contributed by atoms with Crippen LogP contribution in [0.15, 0.2) is 95.2 Å². The summed E-state index contributed by atoms with van der Waals surface area (Å²) in [5.41, 5.74) is 1.49. The van der Waals surface area contributed by atoms with Crippen molar-refractivity contribution in [2.24, 2.45) is 0 Å². The summed E-state index contributed by atoms with van der Waals surface area (Å²) in [6, 6.07) is 18.0. The van der Waals surface area contributed by atoms with Crippen LogP contribution in [-0.2, 0) is 150 Å². The molecule has 0 radical (unpaired) electrons. The van der Waals surface area contributed by atoms with Crippen molar-refractivity contribution >= 4 is 94.1 Å². The summed E-state index contributed by atoms with van der Waals surface area (Å²) in [6.07, 6.45) is -9.05. The van der Waals surface area contributed by atoms with Gasteiger partial charge in [0.25, 0.3) is 17.3 Å². The van der Waals surface area contributed by atoms with Gasteiger partial charge in [0.1, 0.15) is 50.4 Å². The van der Waals surface area contributed by atoms with Crippen LogP contribution in [0, 0.1) is 0 Å². The van der Waals surface area contributed by atoms with Crippen molar-refractivity contribution in [1.82, 2.24) is 28.0 Å². The van der Waals surface area contributed by atoms with E-state index in [2.05, 4.69) is 0 Å². The molecule has 39 heteroatoms. The number of ether oxygens (including phenoxy) is 11. The summed E-state index contributed by atoms with van der Waals surface area (Å²) in [6.45, 7) is 7.22. The first-order valence-electron chi connectivity index (χ1n) is 33.5. The minimum atomic E-state index is -3.73. The molecule has 107 heavy (non-hydrogen) atoms. The molecule has 2 aromatic carbocycles. The molecule has 0 aromatic heterocycles. The summed E-state index contributed by atoms with van der Waals surface area (Å²) in [5.74, 6) is -10.6. The number of Topliss-reactive ketones (excluding diaryl/α,β-unsaturated/α-hetero) is 3. The first-order valence-corrected chi connectivity index (χ1v) is 38.1. The Kier molecular flexibility index (Phi) is 37.8. The molecule has 1 N–H and O–H groups in total. The molecule has 0 bridgehead atoms. The molecule has 0 spiro atoms. The predicted octanol–water partition coefficient (Wildman–Crippen LogP) is 6.81. The fourth-order valence-corrected chi connectivity index (χ4v) is 13.3. The Balaban J connectivity index is 0.000000419. The fraction of sp³-hybridized carbons (Fsp3) is 0.559. The average molecular weight is 1570 g/mol. The summed E-state index contributed by atoms with van der Waals surface area (Å²) in [7, 11) is 6.84. The lowest BCUT2D eigenvalue weighted by Crippen LogP contribution is -2.38. The lowest BCUT2D eigenvalue weighted by Gasteiger charge is -2.29. The number of hydrogen-bond acceptors (Lipinski definition) is 30. The second-order valence-corrected chi connectivity index (χ2v) is 33.0. The quantitative estimate of drug-likeness (QED) is 0.0405. The zero-order valence-electron chi connectivity index (χ0n) is 63.4. The molecule has 0 saturated heterocycles. The van der Waals surface area contributed by atoms with E-state index in [1.807, 2.05) is 12.1 Å². The van der Waals surface area contributed by atoms with Gasteiger partial charge in [-0.2, -0.15) is 0 Å².